The minimum absolute atomic E-state index is 0.327. The lowest BCUT2D eigenvalue weighted by Crippen LogP contribution is -2.12. The number of aliphatic hydroxyl groups is 2. The Morgan fingerprint density at radius 2 is 2.00 bits per heavy atom. The molecule has 2 heteroatoms. The Balaban J connectivity index is 3.55. The second kappa shape index (κ2) is 5.21. The van der Waals surface area contributed by atoms with E-state index in [0.717, 1.165) is 0 Å². The maximum atomic E-state index is 9.06. The molecule has 0 aliphatic rings. The largest absolute Gasteiger partial charge is 0.389 e. The molecule has 0 aromatic rings. The molecule has 0 aliphatic carbocycles. The molecule has 0 aromatic carbocycles. The Labute approximate surface area is 61.5 Å². The van der Waals surface area contributed by atoms with Crippen LogP contribution in [0.5, 0.6) is 0 Å². The van der Waals surface area contributed by atoms with Gasteiger partial charge in [0, 0.05) is 6.42 Å². The lowest BCUT2D eigenvalue weighted by Gasteiger charge is -2.07. The summed E-state index contributed by atoms with van der Waals surface area (Å²) in [5.41, 5.74) is 0. The standard InChI is InChI=1S/C8H14O2/c1-3-5-8(10)6-7(9)4-2/h3-5,7-10H,2,6H2,1H3. The smallest absolute Gasteiger partial charge is 0.0748 e. The van der Waals surface area contributed by atoms with Crippen molar-refractivity contribution in [2.45, 2.75) is 25.6 Å². The molecule has 0 fully saturated rings. The highest BCUT2D eigenvalue weighted by Gasteiger charge is 2.03. The fourth-order valence-electron chi connectivity index (χ4n) is 0.644. The molecule has 0 saturated heterocycles. The lowest BCUT2D eigenvalue weighted by molar-refractivity contribution is 0.133. The molecule has 0 aliphatic heterocycles. The van der Waals surface area contributed by atoms with Crippen LogP contribution in [0.25, 0.3) is 0 Å². The number of hydrogen-bond acceptors (Lipinski definition) is 2. The Hall–Kier alpha value is -0.600. The van der Waals surface area contributed by atoms with Gasteiger partial charge in [0.1, 0.15) is 0 Å². The van der Waals surface area contributed by atoms with Crippen LogP contribution < -0.4 is 0 Å². The summed E-state index contributed by atoms with van der Waals surface area (Å²) >= 11 is 0. The van der Waals surface area contributed by atoms with Crippen molar-refractivity contribution in [2.24, 2.45) is 0 Å². The first-order valence-electron chi connectivity index (χ1n) is 3.32. The Morgan fingerprint density at radius 1 is 1.40 bits per heavy atom. The molecule has 0 aromatic heterocycles. The predicted octanol–water partition coefficient (Wildman–Crippen LogP) is 0.860. The van der Waals surface area contributed by atoms with Crippen molar-refractivity contribution in [3.05, 3.63) is 24.8 Å². The summed E-state index contributed by atoms with van der Waals surface area (Å²) in [6.07, 6.45) is 3.96. The van der Waals surface area contributed by atoms with Gasteiger partial charge < -0.3 is 10.2 Å². The topological polar surface area (TPSA) is 40.5 Å². The highest BCUT2D eigenvalue weighted by Crippen LogP contribution is 1.99. The molecule has 2 atom stereocenters. The molecule has 2 nitrogen and oxygen atoms in total. The van der Waals surface area contributed by atoms with E-state index in [9.17, 15) is 0 Å². The van der Waals surface area contributed by atoms with Crippen molar-refractivity contribution in [2.75, 3.05) is 0 Å². The number of aliphatic hydroxyl groups excluding tert-OH is 2. The summed E-state index contributed by atoms with van der Waals surface area (Å²) in [7, 11) is 0. The van der Waals surface area contributed by atoms with Crippen LogP contribution in [0.3, 0.4) is 0 Å². The minimum atomic E-state index is -0.605. The molecule has 2 N–H and O–H groups in total. The highest BCUT2D eigenvalue weighted by molar-refractivity contribution is 4.90. The van der Waals surface area contributed by atoms with Gasteiger partial charge in [0.15, 0.2) is 0 Å². The van der Waals surface area contributed by atoms with Gasteiger partial charge in [-0.25, -0.2) is 0 Å². The predicted molar refractivity (Wildman–Crippen MR) is 41.6 cm³/mol. The van der Waals surface area contributed by atoms with Gasteiger partial charge in [-0.1, -0.05) is 18.2 Å². The van der Waals surface area contributed by atoms with Gasteiger partial charge in [-0.3, -0.25) is 0 Å². The van der Waals surface area contributed by atoms with Crippen molar-refractivity contribution in [3.8, 4) is 0 Å². The molecule has 2 unspecified atom stereocenters. The number of rotatable bonds is 4. The summed E-state index contributed by atoms with van der Waals surface area (Å²) in [6.45, 7) is 5.21. The third-order valence-electron chi connectivity index (χ3n) is 1.17. The Bertz CT molecular complexity index is 118. The minimum Gasteiger partial charge on any atom is -0.389 e. The third kappa shape index (κ3) is 4.30. The maximum absolute atomic E-state index is 9.06. The second-order valence-corrected chi connectivity index (χ2v) is 2.13. The average Bonchev–Trinajstić information content (AvgIpc) is 1.88. The fourth-order valence-corrected chi connectivity index (χ4v) is 0.644. The summed E-state index contributed by atoms with van der Waals surface area (Å²) < 4.78 is 0. The van der Waals surface area contributed by atoms with Crippen molar-refractivity contribution in [1.82, 2.24) is 0 Å². The molecule has 58 valence electrons. The quantitative estimate of drug-likeness (QED) is 0.571. The Morgan fingerprint density at radius 3 is 2.40 bits per heavy atom. The molecule has 0 spiro atoms. The van der Waals surface area contributed by atoms with E-state index in [1.54, 1.807) is 12.2 Å². The van der Waals surface area contributed by atoms with E-state index in [4.69, 9.17) is 10.2 Å². The summed E-state index contributed by atoms with van der Waals surface area (Å²) in [5, 5.41) is 18.0. The van der Waals surface area contributed by atoms with E-state index in [1.807, 2.05) is 6.92 Å². The van der Waals surface area contributed by atoms with Crippen LogP contribution in [0.4, 0.5) is 0 Å². The van der Waals surface area contributed by atoms with Crippen LogP contribution in [-0.4, -0.2) is 22.4 Å². The van der Waals surface area contributed by atoms with E-state index < -0.39 is 12.2 Å². The molecule has 10 heavy (non-hydrogen) atoms. The lowest BCUT2D eigenvalue weighted by atomic mass is 10.1. The van der Waals surface area contributed by atoms with Crippen LogP contribution in [0.15, 0.2) is 24.8 Å². The highest BCUT2D eigenvalue weighted by atomic mass is 16.3. The summed E-state index contributed by atoms with van der Waals surface area (Å²) in [6, 6.07) is 0. The average molecular weight is 142 g/mol. The number of allylic oxidation sites excluding steroid dienone is 1. The van der Waals surface area contributed by atoms with E-state index in [2.05, 4.69) is 6.58 Å². The van der Waals surface area contributed by atoms with Crippen molar-refractivity contribution in [1.29, 1.82) is 0 Å². The SMILES string of the molecule is C=CC(O)CC(O)C=CC. The van der Waals surface area contributed by atoms with Crippen LogP contribution in [0, 0.1) is 0 Å². The first-order chi connectivity index (χ1) is 4.70. The van der Waals surface area contributed by atoms with Crippen molar-refractivity contribution < 1.29 is 10.2 Å². The molecule has 0 radical (unpaired) electrons. The van der Waals surface area contributed by atoms with E-state index in [-0.39, 0.29) is 0 Å². The molecule has 0 saturated carbocycles. The molecular weight excluding hydrogens is 128 g/mol. The zero-order chi connectivity index (χ0) is 7.98. The first kappa shape index (κ1) is 9.40. The maximum Gasteiger partial charge on any atom is 0.0748 e. The molecular formula is C8H14O2. The summed E-state index contributed by atoms with van der Waals surface area (Å²) in [5.74, 6) is 0. The zero-order valence-electron chi connectivity index (χ0n) is 6.20. The van der Waals surface area contributed by atoms with E-state index >= 15 is 0 Å². The van der Waals surface area contributed by atoms with Gasteiger partial charge in [-0.15, -0.1) is 6.58 Å². The fraction of sp³-hybridized carbons (Fsp3) is 0.500. The third-order valence-corrected chi connectivity index (χ3v) is 1.17. The van der Waals surface area contributed by atoms with Crippen LogP contribution in [0.1, 0.15) is 13.3 Å². The van der Waals surface area contributed by atoms with Crippen LogP contribution in [-0.2, 0) is 0 Å². The first-order valence-corrected chi connectivity index (χ1v) is 3.32. The van der Waals surface area contributed by atoms with E-state index in [1.165, 1.54) is 6.08 Å². The normalized spacial score (nSPS) is 17.1. The van der Waals surface area contributed by atoms with E-state index in [0.29, 0.717) is 6.42 Å². The molecule has 0 amide bonds. The monoisotopic (exact) mass is 142 g/mol. The number of hydrogen-bond donors (Lipinski definition) is 2. The van der Waals surface area contributed by atoms with Gasteiger partial charge in [-0.2, -0.15) is 0 Å². The Kier molecular flexibility index (Phi) is 4.89. The van der Waals surface area contributed by atoms with Crippen LogP contribution >= 0.6 is 0 Å². The van der Waals surface area contributed by atoms with Crippen molar-refractivity contribution in [3.63, 3.8) is 0 Å². The van der Waals surface area contributed by atoms with Gasteiger partial charge >= 0.3 is 0 Å². The molecule has 0 bridgehead atoms. The molecule has 0 heterocycles. The van der Waals surface area contributed by atoms with Gasteiger partial charge in [0.05, 0.1) is 12.2 Å². The summed E-state index contributed by atoms with van der Waals surface area (Å²) in [4.78, 5) is 0. The molecule has 0 rings (SSSR count). The van der Waals surface area contributed by atoms with Crippen LogP contribution in [0.2, 0.25) is 0 Å². The van der Waals surface area contributed by atoms with Gasteiger partial charge in [0.25, 0.3) is 0 Å². The van der Waals surface area contributed by atoms with Gasteiger partial charge in [0.2, 0.25) is 0 Å². The van der Waals surface area contributed by atoms with Crippen molar-refractivity contribution >= 4 is 0 Å². The second-order valence-electron chi connectivity index (χ2n) is 2.13. The zero-order valence-corrected chi connectivity index (χ0v) is 6.20. The van der Waals surface area contributed by atoms with Gasteiger partial charge in [-0.05, 0) is 6.92 Å².